The molecule has 0 heterocycles. The first-order valence-corrected chi connectivity index (χ1v) is 13.3. The second-order valence-electron chi connectivity index (χ2n) is 10.2. The van der Waals surface area contributed by atoms with Crippen LogP contribution in [0.2, 0.25) is 0 Å². The fraction of sp³-hybridized carbons (Fsp3) is 0.724. The van der Waals surface area contributed by atoms with Crippen LogP contribution in [0.25, 0.3) is 0 Å². The summed E-state index contributed by atoms with van der Waals surface area (Å²) in [5.41, 5.74) is 7.91. The van der Waals surface area contributed by atoms with E-state index < -0.39 is 0 Å². The number of fused-ring (bicyclic) bond motifs is 1. The average Bonchev–Trinajstić information content (AvgIpc) is 3.19. The quantitative estimate of drug-likeness (QED) is 0.344. The molecule has 1 saturated carbocycles. The van der Waals surface area contributed by atoms with E-state index in [4.69, 9.17) is 4.74 Å². The zero-order chi connectivity index (χ0) is 23.1. The minimum absolute atomic E-state index is 0.0323. The minimum atomic E-state index is -0.0323. The summed E-state index contributed by atoms with van der Waals surface area (Å²) in [4.78, 5) is 24.8. The first-order chi connectivity index (χ1) is 15.5. The number of hydrogen-bond acceptors (Lipinski definition) is 3. The van der Waals surface area contributed by atoms with E-state index in [0.717, 1.165) is 56.4 Å². The van der Waals surface area contributed by atoms with Crippen molar-refractivity contribution in [2.24, 2.45) is 11.8 Å². The molecule has 0 aliphatic heterocycles. The standard InChI is InChI=1S/C29H44O3/c1-5-23-21(4)25-15-16-27(30)29(25)24(6-2)26(23)14-12-20(3)13-17-28(31)32-19-18-22-10-8-7-9-11-22/h20,22H,5-19H2,1-4H3. The molecule has 0 amide bonds. The molecule has 32 heavy (non-hydrogen) atoms. The molecule has 0 N–H and O–H groups in total. The van der Waals surface area contributed by atoms with Gasteiger partial charge in [-0.15, -0.1) is 0 Å². The number of hydrogen-bond donors (Lipinski definition) is 0. The van der Waals surface area contributed by atoms with Crippen molar-refractivity contribution in [3.05, 3.63) is 33.4 Å². The molecule has 0 bridgehead atoms. The van der Waals surface area contributed by atoms with Gasteiger partial charge in [0.25, 0.3) is 0 Å². The second-order valence-corrected chi connectivity index (χ2v) is 10.2. The lowest BCUT2D eigenvalue weighted by molar-refractivity contribution is -0.144. The van der Waals surface area contributed by atoms with Crippen molar-refractivity contribution in [2.45, 2.75) is 118 Å². The van der Waals surface area contributed by atoms with Gasteiger partial charge in [-0.3, -0.25) is 9.59 Å². The Kier molecular flexibility index (Phi) is 9.37. The number of benzene rings is 1. The third-order valence-corrected chi connectivity index (χ3v) is 8.07. The molecular weight excluding hydrogens is 396 g/mol. The molecule has 0 aromatic heterocycles. The van der Waals surface area contributed by atoms with Gasteiger partial charge in [0.05, 0.1) is 6.61 Å². The lowest BCUT2D eigenvalue weighted by atomic mass is 9.83. The maximum atomic E-state index is 12.6. The molecule has 1 unspecified atom stereocenters. The monoisotopic (exact) mass is 440 g/mol. The minimum Gasteiger partial charge on any atom is -0.466 e. The van der Waals surface area contributed by atoms with E-state index in [1.165, 1.54) is 59.9 Å². The summed E-state index contributed by atoms with van der Waals surface area (Å²) in [7, 11) is 0. The fourth-order valence-corrected chi connectivity index (χ4v) is 6.08. The van der Waals surface area contributed by atoms with Gasteiger partial charge in [-0.1, -0.05) is 52.9 Å². The lowest BCUT2D eigenvalue weighted by Gasteiger charge is -2.22. The SMILES string of the molecule is CCc1c(C)c2c(c(CC)c1CCC(C)CCC(=O)OCCC1CCCCC1)C(=O)CC2. The highest BCUT2D eigenvalue weighted by Gasteiger charge is 2.28. The zero-order valence-electron chi connectivity index (χ0n) is 21.0. The Morgan fingerprint density at radius 3 is 2.41 bits per heavy atom. The molecule has 3 nitrogen and oxygen atoms in total. The Labute approximate surface area is 195 Å². The lowest BCUT2D eigenvalue weighted by Crippen LogP contribution is -2.13. The third-order valence-electron chi connectivity index (χ3n) is 8.07. The van der Waals surface area contributed by atoms with Crippen LogP contribution in [0.5, 0.6) is 0 Å². The molecule has 1 fully saturated rings. The van der Waals surface area contributed by atoms with Crippen LogP contribution in [0.1, 0.15) is 123 Å². The van der Waals surface area contributed by atoms with Crippen LogP contribution in [0.3, 0.4) is 0 Å². The van der Waals surface area contributed by atoms with E-state index in [9.17, 15) is 9.59 Å². The largest absolute Gasteiger partial charge is 0.466 e. The van der Waals surface area contributed by atoms with Gasteiger partial charge in [0.1, 0.15) is 0 Å². The highest BCUT2D eigenvalue weighted by atomic mass is 16.5. The number of ketones is 1. The van der Waals surface area contributed by atoms with Crippen molar-refractivity contribution in [2.75, 3.05) is 6.61 Å². The van der Waals surface area contributed by atoms with Gasteiger partial charge < -0.3 is 4.74 Å². The molecule has 1 aromatic carbocycles. The maximum absolute atomic E-state index is 12.6. The highest BCUT2D eigenvalue weighted by Crippen LogP contribution is 2.36. The predicted molar refractivity (Wildman–Crippen MR) is 131 cm³/mol. The van der Waals surface area contributed by atoms with E-state index in [0.29, 0.717) is 31.1 Å². The Morgan fingerprint density at radius 2 is 1.72 bits per heavy atom. The van der Waals surface area contributed by atoms with E-state index in [1.807, 2.05) is 0 Å². The van der Waals surface area contributed by atoms with Crippen molar-refractivity contribution < 1.29 is 14.3 Å². The summed E-state index contributed by atoms with van der Waals surface area (Å²) in [6.45, 7) is 9.48. The van der Waals surface area contributed by atoms with Crippen LogP contribution in [-0.2, 0) is 35.2 Å². The van der Waals surface area contributed by atoms with Gasteiger partial charge in [-0.05, 0) is 91.5 Å². The highest BCUT2D eigenvalue weighted by molar-refractivity contribution is 6.02. The summed E-state index contributed by atoms with van der Waals surface area (Å²) in [5, 5.41) is 0. The molecular formula is C29H44O3. The van der Waals surface area contributed by atoms with Crippen LogP contribution >= 0.6 is 0 Å². The number of ether oxygens (including phenoxy) is 1. The van der Waals surface area contributed by atoms with Crippen LogP contribution in [0.4, 0.5) is 0 Å². The Hall–Kier alpha value is -1.64. The summed E-state index contributed by atoms with van der Waals surface area (Å²) >= 11 is 0. The van der Waals surface area contributed by atoms with Gasteiger partial charge in [-0.2, -0.15) is 0 Å². The molecule has 0 spiro atoms. The zero-order valence-corrected chi connectivity index (χ0v) is 21.0. The van der Waals surface area contributed by atoms with E-state index in [2.05, 4.69) is 27.7 Å². The average molecular weight is 441 g/mol. The van der Waals surface area contributed by atoms with E-state index >= 15 is 0 Å². The van der Waals surface area contributed by atoms with Crippen LogP contribution < -0.4 is 0 Å². The summed E-state index contributed by atoms with van der Waals surface area (Å²) in [6.07, 6.45) is 14.7. The molecule has 3 rings (SSSR count). The van der Waals surface area contributed by atoms with Gasteiger partial charge in [0.2, 0.25) is 0 Å². The van der Waals surface area contributed by atoms with Crippen molar-refractivity contribution in [1.29, 1.82) is 0 Å². The Bertz CT molecular complexity index is 801. The first-order valence-electron chi connectivity index (χ1n) is 13.3. The second kappa shape index (κ2) is 12.0. The van der Waals surface area contributed by atoms with Crippen molar-refractivity contribution in [1.82, 2.24) is 0 Å². The summed E-state index contributed by atoms with van der Waals surface area (Å²) < 4.78 is 5.53. The van der Waals surface area contributed by atoms with Crippen LogP contribution in [0, 0.1) is 18.8 Å². The number of carbonyl (C=O) groups is 2. The first kappa shape index (κ1) is 25.0. The molecule has 178 valence electrons. The summed E-state index contributed by atoms with van der Waals surface area (Å²) in [5.74, 6) is 1.54. The third kappa shape index (κ3) is 6.02. The van der Waals surface area contributed by atoms with Gasteiger partial charge >= 0.3 is 5.97 Å². The van der Waals surface area contributed by atoms with Crippen molar-refractivity contribution in [3.8, 4) is 0 Å². The topological polar surface area (TPSA) is 43.4 Å². The Morgan fingerprint density at radius 1 is 1.00 bits per heavy atom. The van der Waals surface area contributed by atoms with Gasteiger partial charge in [0, 0.05) is 18.4 Å². The smallest absolute Gasteiger partial charge is 0.305 e. The van der Waals surface area contributed by atoms with Crippen molar-refractivity contribution in [3.63, 3.8) is 0 Å². The number of carbonyl (C=O) groups excluding carboxylic acids is 2. The Balaban J connectivity index is 1.50. The van der Waals surface area contributed by atoms with E-state index in [1.54, 1.807) is 0 Å². The summed E-state index contributed by atoms with van der Waals surface area (Å²) in [6, 6.07) is 0. The predicted octanol–water partition coefficient (Wildman–Crippen LogP) is 7.11. The fourth-order valence-electron chi connectivity index (χ4n) is 6.08. The molecule has 2 aliphatic rings. The molecule has 3 heteroatoms. The van der Waals surface area contributed by atoms with Crippen LogP contribution in [-0.4, -0.2) is 18.4 Å². The molecule has 2 aliphatic carbocycles. The molecule has 0 radical (unpaired) electrons. The van der Waals surface area contributed by atoms with Crippen LogP contribution in [0.15, 0.2) is 0 Å². The molecule has 1 aromatic rings. The normalized spacial score (nSPS) is 17.4. The molecule has 0 saturated heterocycles. The maximum Gasteiger partial charge on any atom is 0.305 e. The number of Topliss-reactive ketones (excluding diaryl/α,β-unsaturated/α-hetero) is 1. The molecule has 1 atom stereocenters. The van der Waals surface area contributed by atoms with Gasteiger partial charge in [-0.25, -0.2) is 0 Å². The number of esters is 1. The van der Waals surface area contributed by atoms with E-state index in [-0.39, 0.29) is 5.97 Å². The number of rotatable bonds is 11. The van der Waals surface area contributed by atoms with Crippen molar-refractivity contribution >= 4 is 11.8 Å². The van der Waals surface area contributed by atoms with Gasteiger partial charge in [0.15, 0.2) is 5.78 Å².